The molecule has 0 unspecified atom stereocenters. The maximum atomic E-state index is 12.7. The summed E-state index contributed by atoms with van der Waals surface area (Å²) in [5, 5.41) is 3.52. The third kappa shape index (κ3) is 2.82. The quantitative estimate of drug-likeness (QED) is 0.805. The van der Waals surface area contributed by atoms with Crippen LogP contribution in [0, 0.1) is 10.8 Å². The molecule has 3 saturated heterocycles. The van der Waals surface area contributed by atoms with E-state index in [9.17, 15) is 4.79 Å². The van der Waals surface area contributed by atoms with Crippen LogP contribution in [0.4, 0.5) is 0 Å². The molecule has 130 valence electrons. The largest absolute Gasteiger partial charge is 0.345 e. The summed E-state index contributed by atoms with van der Waals surface area (Å²) >= 11 is 0. The fourth-order valence-electron chi connectivity index (χ4n) is 5.90. The molecule has 23 heavy (non-hydrogen) atoms. The molecular formula is C19H33N3O. The molecule has 1 N–H and O–H groups in total. The van der Waals surface area contributed by atoms with Gasteiger partial charge in [0.25, 0.3) is 0 Å². The summed E-state index contributed by atoms with van der Waals surface area (Å²) in [6, 6.07) is 0.745. The van der Waals surface area contributed by atoms with Crippen LogP contribution < -0.4 is 5.32 Å². The van der Waals surface area contributed by atoms with Crippen LogP contribution in [0.1, 0.15) is 57.8 Å². The Morgan fingerprint density at radius 2 is 1.74 bits per heavy atom. The minimum Gasteiger partial charge on any atom is -0.345 e. The van der Waals surface area contributed by atoms with Gasteiger partial charge in [-0.1, -0.05) is 0 Å². The van der Waals surface area contributed by atoms with Crippen molar-refractivity contribution in [1.82, 2.24) is 15.1 Å². The van der Waals surface area contributed by atoms with E-state index in [-0.39, 0.29) is 5.41 Å². The smallest absolute Gasteiger partial charge is 0.229 e. The van der Waals surface area contributed by atoms with Crippen molar-refractivity contribution in [2.24, 2.45) is 10.8 Å². The first-order valence-corrected chi connectivity index (χ1v) is 9.83. The number of nitrogens with one attached hydrogen (secondary N) is 1. The van der Waals surface area contributed by atoms with E-state index in [4.69, 9.17) is 0 Å². The van der Waals surface area contributed by atoms with Gasteiger partial charge < -0.3 is 10.2 Å². The molecule has 4 nitrogen and oxygen atoms in total. The normalized spacial score (nSPS) is 36.2. The van der Waals surface area contributed by atoms with Gasteiger partial charge in [-0.15, -0.1) is 0 Å². The van der Waals surface area contributed by atoms with Gasteiger partial charge in [-0.25, -0.2) is 0 Å². The van der Waals surface area contributed by atoms with Crippen molar-refractivity contribution in [3.8, 4) is 0 Å². The second kappa shape index (κ2) is 6.03. The summed E-state index contributed by atoms with van der Waals surface area (Å²) in [7, 11) is 1.99. The van der Waals surface area contributed by atoms with Crippen molar-refractivity contribution >= 4 is 5.91 Å². The Labute approximate surface area is 141 Å². The van der Waals surface area contributed by atoms with E-state index in [0.717, 1.165) is 38.5 Å². The molecule has 4 heteroatoms. The first-order chi connectivity index (χ1) is 11.1. The van der Waals surface area contributed by atoms with Gasteiger partial charge in [0.1, 0.15) is 0 Å². The Morgan fingerprint density at radius 3 is 2.48 bits per heavy atom. The molecule has 0 radical (unpaired) electrons. The van der Waals surface area contributed by atoms with Crippen molar-refractivity contribution in [3.63, 3.8) is 0 Å². The highest BCUT2D eigenvalue weighted by Gasteiger charge is 2.49. The van der Waals surface area contributed by atoms with Gasteiger partial charge in [0.15, 0.2) is 0 Å². The van der Waals surface area contributed by atoms with Crippen molar-refractivity contribution < 1.29 is 4.79 Å². The third-order valence-electron chi connectivity index (χ3n) is 7.53. The molecule has 0 aromatic heterocycles. The van der Waals surface area contributed by atoms with E-state index in [1.807, 2.05) is 11.9 Å². The van der Waals surface area contributed by atoms with Crippen LogP contribution in [-0.4, -0.2) is 61.5 Å². The van der Waals surface area contributed by atoms with Crippen LogP contribution in [0.3, 0.4) is 0 Å². The average Bonchev–Trinajstić information content (AvgIpc) is 2.99. The predicted octanol–water partition coefficient (Wildman–Crippen LogP) is 2.24. The van der Waals surface area contributed by atoms with Crippen molar-refractivity contribution in [3.05, 3.63) is 0 Å². The summed E-state index contributed by atoms with van der Waals surface area (Å²) in [5.41, 5.74) is 0.622. The number of piperidine rings is 2. The molecule has 3 aliphatic heterocycles. The molecule has 3 heterocycles. The van der Waals surface area contributed by atoms with Gasteiger partial charge in [0, 0.05) is 26.2 Å². The molecule has 0 aromatic carbocycles. The second-order valence-corrected chi connectivity index (χ2v) is 8.81. The van der Waals surface area contributed by atoms with Gasteiger partial charge >= 0.3 is 0 Å². The maximum absolute atomic E-state index is 12.7. The summed E-state index contributed by atoms with van der Waals surface area (Å²) in [6.07, 6.45) is 11.7. The maximum Gasteiger partial charge on any atom is 0.229 e. The van der Waals surface area contributed by atoms with E-state index in [0.29, 0.717) is 11.3 Å². The number of amides is 1. The van der Waals surface area contributed by atoms with Crippen LogP contribution >= 0.6 is 0 Å². The molecule has 1 aliphatic carbocycles. The molecule has 4 rings (SSSR count). The van der Waals surface area contributed by atoms with Crippen LogP contribution in [0.15, 0.2) is 0 Å². The van der Waals surface area contributed by atoms with Crippen LogP contribution in [-0.2, 0) is 4.79 Å². The van der Waals surface area contributed by atoms with Crippen molar-refractivity contribution in [2.45, 2.75) is 63.8 Å². The minimum absolute atomic E-state index is 0.0309. The predicted molar refractivity (Wildman–Crippen MR) is 92.3 cm³/mol. The van der Waals surface area contributed by atoms with Crippen LogP contribution in [0.25, 0.3) is 0 Å². The molecular weight excluding hydrogens is 286 g/mol. The lowest BCUT2D eigenvalue weighted by atomic mass is 9.67. The van der Waals surface area contributed by atoms with Crippen molar-refractivity contribution in [1.29, 1.82) is 0 Å². The zero-order valence-electron chi connectivity index (χ0n) is 14.8. The molecule has 0 bridgehead atoms. The van der Waals surface area contributed by atoms with Crippen molar-refractivity contribution in [2.75, 3.05) is 39.8 Å². The summed E-state index contributed by atoms with van der Waals surface area (Å²) in [5.74, 6) is 0.428. The number of carbonyl (C=O) groups is 1. The zero-order chi connectivity index (χ0) is 15.9. The summed E-state index contributed by atoms with van der Waals surface area (Å²) in [6.45, 7) is 5.59. The van der Waals surface area contributed by atoms with E-state index < -0.39 is 0 Å². The standard InChI is InChI=1S/C19H33N3O/c1-21-13-2-5-19(17(21)23)10-14-22(15-19)16-3-6-18(7-4-16)8-11-20-12-9-18/h16,20H,2-15H2,1H3/t19-/m0/s1. The van der Waals surface area contributed by atoms with E-state index in [1.54, 1.807) is 0 Å². The van der Waals surface area contributed by atoms with Crippen LogP contribution in [0.5, 0.6) is 0 Å². The first-order valence-electron chi connectivity index (χ1n) is 9.83. The lowest BCUT2D eigenvalue weighted by molar-refractivity contribution is -0.144. The van der Waals surface area contributed by atoms with Gasteiger partial charge in [0.05, 0.1) is 5.41 Å². The SMILES string of the molecule is CN1CCC[C@@]2(CCN(C3CCC4(CCNCC4)CC3)C2)C1=O. The molecule has 1 saturated carbocycles. The summed E-state index contributed by atoms with van der Waals surface area (Å²) < 4.78 is 0. The lowest BCUT2D eigenvalue weighted by Crippen LogP contribution is -2.49. The Kier molecular flexibility index (Phi) is 4.17. The fraction of sp³-hybridized carbons (Fsp3) is 0.947. The van der Waals surface area contributed by atoms with Gasteiger partial charge in [-0.3, -0.25) is 9.69 Å². The Hall–Kier alpha value is -0.610. The molecule has 4 aliphatic rings. The number of nitrogens with zero attached hydrogens (tertiary/aromatic N) is 2. The number of rotatable bonds is 1. The average molecular weight is 319 g/mol. The Balaban J connectivity index is 1.36. The molecule has 2 spiro atoms. The van der Waals surface area contributed by atoms with E-state index in [1.165, 1.54) is 58.0 Å². The second-order valence-electron chi connectivity index (χ2n) is 8.81. The lowest BCUT2D eigenvalue weighted by Gasteiger charge is -2.45. The highest BCUT2D eigenvalue weighted by Crippen LogP contribution is 2.47. The number of carbonyl (C=O) groups excluding carboxylic acids is 1. The number of hydrogen-bond acceptors (Lipinski definition) is 3. The van der Waals surface area contributed by atoms with E-state index in [2.05, 4.69) is 10.2 Å². The molecule has 1 amide bonds. The van der Waals surface area contributed by atoms with Gasteiger partial charge in [0.2, 0.25) is 5.91 Å². The monoisotopic (exact) mass is 319 g/mol. The zero-order valence-corrected chi connectivity index (χ0v) is 14.8. The highest BCUT2D eigenvalue weighted by atomic mass is 16.2. The topological polar surface area (TPSA) is 35.6 Å². The molecule has 4 fully saturated rings. The number of hydrogen-bond donors (Lipinski definition) is 1. The third-order valence-corrected chi connectivity index (χ3v) is 7.53. The molecule has 1 atom stereocenters. The van der Waals surface area contributed by atoms with Gasteiger partial charge in [-0.2, -0.15) is 0 Å². The minimum atomic E-state index is -0.0309. The highest BCUT2D eigenvalue weighted by molar-refractivity contribution is 5.83. The van der Waals surface area contributed by atoms with E-state index >= 15 is 0 Å². The first kappa shape index (κ1) is 15.9. The van der Waals surface area contributed by atoms with Crippen LogP contribution in [0.2, 0.25) is 0 Å². The molecule has 0 aromatic rings. The Morgan fingerprint density at radius 1 is 1.00 bits per heavy atom. The van der Waals surface area contributed by atoms with Gasteiger partial charge in [-0.05, 0) is 82.8 Å². The fourth-order valence-corrected chi connectivity index (χ4v) is 5.90. The summed E-state index contributed by atoms with van der Waals surface area (Å²) in [4.78, 5) is 17.4. The number of likely N-dealkylation sites (tertiary alicyclic amines) is 2. The Bertz CT molecular complexity index is 450.